The largest absolute Gasteiger partial charge is 0.347 e. The van der Waals surface area contributed by atoms with E-state index in [0.29, 0.717) is 11.4 Å². The van der Waals surface area contributed by atoms with Crippen molar-refractivity contribution in [2.24, 2.45) is 0 Å². The van der Waals surface area contributed by atoms with Gasteiger partial charge in [0.2, 0.25) is 5.91 Å². The van der Waals surface area contributed by atoms with Crippen molar-refractivity contribution in [2.75, 3.05) is 29.6 Å². The van der Waals surface area contributed by atoms with Crippen molar-refractivity contribution >= 4 is 50.2 Å². The van der Waals surface area contributed by atoms with Gasteiger partial charge in [0.05, 0.1) is 5.75 Å². The summed E-state index contributed by atoms with van der Waals surface area (Å²) in [6.45, 7) is 0.761. The summed E-state index contributed by atoms with van der Waals surface area (Å²) < 4.78 is 0.910. The van der Waals surface area contributed by atoms with Crippen LogP contribution in [-0.2, 0) is 11.3 Å². The van der Waals surface area contributed by atoms with Crippen LogP contribution in [0.2, 0.25) is 0 Å². The first-order chi connectivity index (χ1) is 14.6. The van der Waals surface area contributed by atoms with Crippen molar-refractivity contribution in [1.82, 2.24) is 15.0 Å². The Bertz CT molecular complexity index is 1130. The van der Waals surface area contributed by atoms with E-state index in [9.17, 15) is 4.79 Å². The molecule has 2 aromatic heterocycles. The van der Waals surface area contributed by atoms with Crippen LogP contribution in [0.15, 0.2) is 72.0 Å². The average Bonchev–Trinajstić information content (AvgIpc) is 3.23. The topological polar surface area (TPSA) is 62.2 Å². The molecule has 8 heteroatoms. The number of aromatic nitrogens is 3. The Morgan fingerprint density at radius 2 is 1.70 bits per heavy atom. The number of carbonyl (C=O) groups excluding carboxylic acids is 1. The minimum Gasteiger partial charge on any atom is -0.347 e. The van der Waals surface area contributed by atoms with E-state index in [-0.39, 0.29) is 5.91 Å². The van der Waals surface area contributed by atoms with Crippen LogP contribution >= 0.6 is 23.1 Å². The van der Waals surface area contributed by atoms with Crippen molar-refractivity contribution in [3.8, 4) is 0 Å². The van der Waals surface area contributed by atoms with Gasteiger partial charge in [0.15, 0.2) is 10.8 Å². The first-order valence-corrected chi connectivity index (χ1v) is 11.2. The zero-order valence-corrected chi connectivity index (χ0v) is 18.4. The standard InChI is InChI=1S/C22H21N5OS2/c1-26(13-16-9-5-3-6-10-16)22-25-20-19(30-22)21(24-15-23-20)29-14-18(28)27(2)17-11-7-4-8-12-17/h3-12,15H,13-14H2,1-2H3. The molecule has 0 saturated heterocycles. The molecule has 152 valence electrons. The zero-order chi connectivity index (χ0) is 20.9. The maximum atomic E-state index is 12.6. The van der Waals surface area contributed by atoms with Crippen LogP contribution in [0.5, 0.6) is 0 Å². The highest BCUT2D eigenvalue weighted by Crippen LogP contribution is 2.34. The average molecular weight is 436 g/mol. The molecule has 0 radical (unpaired) electrons. The third kappa shape index (κ3) is 4.60. The van der Waals surface area contributed by atoms with Gasteiger partial charge in [0.25, 0.3) is 0 Å². The molecule has 0 fully saturated rings. The minimum absolute atomic E-state index is 0.0175. The number of nitrogens with zero attached hydrogens (tertiary/aromatic N) is 5. The molecule has 30 heavy (non-hydrogen) atoms. The number of para-hydroxylation sites is 1. The monoisotopic (exact) mass is 435 g/mol. The number of hydrogen-bond donors (Lipinski definition) is 0. The summed E-state index contributed by atoms with van der Waals surface area (Å²) in [6.07, 6.45) is 1.51. The first kappa shape index (κ1) is 20.3. The molecule has 2 aromatic carbocycles. The number of fused-ring (bicyclic) bond motifs is 1. The van der Waals surface area contributed by atoms with Crippen molar-refractivity contribution < 1.29 is 4.79 Å². The van der Waals surface area contributed by atoms with Gasteiger partial charge in [-0.05, 0) is 17.7 Å². The molecule has 4 rings (SSSR count). The molecule has 1 amide bonds. The Labute approximate surface area is 183 Å². The van der Waals surface area contributed by atoms with Gasteiger partial charge in [-0.15, -0.1) is 0 Å². The lowest BCUT2D eigenvalue weighted by Gasteiger charge is -2.16. The SMILES string of the molecule is CN(Cc1ccccc1)c1nc2ncnc(SCC(=O)N(C)c3ccccc3)c2s1. The van der Waals surface area contributed by atoms with E-state index in [4.69, 9.17) is 0 Å². The fraction of sp³-hybridized carbons (Fsp3) is 0.182. The molecule has 0 saturated carbocycles. The molecule has 0 aliphatic rings. The van der Waals surface area contributed by atoms with Crippen molar-refractivity contribution in [3.63, 3.8) is 0 Å². The number of hydrogen-bond acceptors (Lipinski definition) is 7. The second-order valence-electron chi connectivity index (χ2n) is 6.75. The summed E-state index contributed by atoms with van der Waals surface area (Å²) in [5.74, 6) is 0.314. The van der Waals surface area contributed by atoms with Gasteiger partial charge in [-0.25, -0.2) is 9.97 Å². The van der Waals surface area contributed by atoms with Crippen LogP contribution in [0.3, 0.4) is 0 Å². The number of rotatable bonds is 7. The highest BCUT2D eigenvalue weighted by molar-refractivity contribution is 8.00. The van der Waals surface area contributed by atoms with E-state index in [1.165, 1.54) is 23.7 Å². The second-order valence-corrected chi connectivity index (χ2v) is 8.69. The van der Waals surface area contributed by atoms with E-state index in [1.807, 2.05) is 55.6 Å². The summed E-state index contributed by atoms with van der Waals surface area (Å²) in [5.41, 5.74) is 2.75. The molecular formula is C22H21N5OS2. The molecule has 0 aliphatic heterocycles. The van der Waals surface area contributed by atoms with Crippen molar-refractivity contribution in [3.05, 3.63) is 72.6 Å². The number of thiazole rings is 1. The van der Waals surface area contributed by atoms with Gasteiger partial charge in [-0.3, -0.25) is 4.79 Å². The maximum Gasteiger partial charge on any atom is 0.237 e. The quantitative estimate of drug-likeness (QED) is 0.315. The lowest BCUT2D eigenvalue weighted by molar-refractivity contribution is -0.115. The normalized spacial score (nSPS) is 10.9. The third-order valence-corrected chi connectivity index (χ3v) is 6.86. The van der Waals surface area contributed by atoms with Gasteiger partial charge in [-0.1, -0.05) is 71.6 Å². The molecule has 4 aromatic rings. The van der Waals surface area contributed by atoms with Crippen molar-refractivity contribution in [1.29, 1.82) is 0 Å². The molecular weight excluding hydrogens is 414 g/mol. The third-order valence-electron chi connectivity index (χ3n) is 4.59. The second kappa shape index (κ2) is 9.23. The summed E-state index contributed by atoms with van der Waals surface area (Å²) in [4.78, 5) is 29.8. The van der Waals surface area contributed by atoms with Crippen LogP contribution < -0.4 is 9.80 Å². The van der Waals surface area contributed by atoms with Gasteiger partial charge in [0.1, 0.15) is 16.1 Å². The van der Waals surface area contributed by atoms with Crippen LogP contribution in [0, 0.1) is 0 Å². The maximum absolute atomic E-state index is 12.6. The Balaban J connectivity index is 1.47. The Morgan fingerprint density at radius 3 is 2.43 bits per heavy atom. The Hall–Kier alpha value is -2.97. The lowest BCUT2D eigenvalue weighted by Crippen LogP contribution is -2.27. The molecule has 0 bridgehead atoms. The Kier molecular flexibility index (Phi) is 6.25. The fourth-order valence-electron chi connectivity index (χ4n) is 2.94. The van der Waals surface area contributed by atoms with Gasteiger partial charge >= 0.3 is 0 Å². The van der Waals surface area contributed by atoms with Gasteiger partial charge in [0, 0.05) is 26.3 Å². The number of carbonyl (C=O) groups is 1. The van der Waals surface area contributed by atoms with Crippen LogP contribution in [0.4, 0.5) is 10.8 Å². The highest BCUT2D eigenvalue weighted by atomic mass is 32.2. The molecule has 6 nitrogen and oxygen atoms in total. The van der Waals surface area contributed by atoms with E-state index < -0.39 is 0 Å². The van der Waals surface area contributed by atoms with E-state index >= 15 is 0 Å². The number of thioether (sulfide) groups is 1. The number of anilines is 2. The number of amides is 1. The molecule has 0 aliphatic carbocycles. The number of benzene rings is 2. The van der Waals surface area contributed by atoms with Crippen LogP contribution in [0.1, 0.15) is 5.56 Å². The van der Waals surface area contributed by atoms with Crippen molar-refractivity contribution in [2.45, 2.75) is 11.6 Å². The van der Waals surface area contributed by atoms with E-state index in [0.717, 1.165) is 27.1 Å². The smallest absolute Gasteiger partial charge is 0.237 e. The molecule has 0 unspecified atom stereocenters. The highest BCUT2D eigenvalue weighted by Gasteiger charge is 2.17. The Morgan fingerprint density at radius 1 is 1.00 bits per heavy atom. The van der Waals surface area contributed by atoms with Gasteiger partial charge < -0.3 is 9.80 Å². The predicted octanol–water partition coefficient (Wildman–Crippen LogP) is 4.48. The molecule has 0 spiro atoms. The summed E-state index contributed by atoms with van der Waals surface area (Å²) in [7, 11) is 3.81. The molecule has 0 atom stereocenters. The fourth-order valence-corrected chi connectivity index (χ4v) is 4.90. The van der Waals surface area contributed by atoms with Gasteiger partial charge in [-0.2, -0.15) is 4.98 Å². The summed E-state index contributed by atoms with van der Waals surface area (Å²) in [6, 6.07) is 19.9. The molecule has 2 heterocycles. The summed E-state index contributed by atoms with van der Waals surface area (Å²) >= 11 is 2.97. The van der Waals surface area contributed by atoms with Crippen LogP contribution in [0.25, 0.3) is 10.3 Å². The summed E-state index contributed by atoms with van der Waals surface area (Å²) in [5, 5.41) is 1.66. The first-order valence-electron chi connectivity index (χ1n) is 9.43. The lowest BCUT2D eigenvalue weighted by atomic mass is 10.2. The zero-order valence-electron chi connectivity index (χ0n) is 16.7. The predicted molar refractivity (Wildman–Crippen MR) is 124 cm³/mol. The minimum atomic E-state index is 0.0175. The van der Waals surface area contributed by atoms with E-state index in [1.54, 1.807) is 23.3 Å². The molecule has 0 N–H and O–H groups in total. The van der Waals surface area contributed by atoms with Crippen LogP contribution in [-0.4, -0.2) is 40.7 Å². The van der Waals surface area contributed by atoms with E-state index in [2.05, 4.69) is 32.0 Å².